The molecule has 0 aliphatic carbocycles. The fourth-order valence-corrected chi connectivity index (χ4v) is 2.69. The van der Waals surface area contributed by atoms with Crippen molar-refractivity contribution < 1.29 is 17.1 Å². The van der Waals surface area contributed by atoms with Gasteiger partial charge in [0.25, 0.3) is 0 Å². The minimum absolute atomic E-state index is 0. The number of para-hydroxylation sites is 2. The van der Waals surface area contributed by atoms with Crippen LogP contribution in [0.3, 0.4) is 0 Å². The molecule has 0 atom stereocenters. The summed E-state index contributed by atoms with van der Waals surface area (Å²) in [5, 5.41) is 0. The molecule has 0 saturated carbocycles. The van der Waals surface area contributed by atoms with Gasteiger partial charge in [-0.15, -0.1) is 0 Å². The summed E-state index contributed by atoms with van der Waals surface area (Å²) in [4.78, 5) is 14.2. The maximum atomic E-state index is 4.76. The first-order valence-corrected chi connectivity index (χ1v) is 8.74. The Kier molecular flexibility index (Phi) is 11.0. The largest absolute Gasteiger partial charge is 2.00 e. The van der Waals surface area contributed by atoms with Crippen LogP contribution in [0.4, 0.5) is 11.4 Å². The van der Waals surface area contributed by atoms with Crippen LogP contribution in [0.2, 0.25) is 0 Å². The maximum absolute atomic E-state index is 4.76. The molecule has 0 amide bonds. The molecule has 0 N–H and O–H groups in total. The van der Waals surface area contributed by atoms with Crippen molar-refractivity contribution in [1.82, 2.24) is 4.98 Å². The second-order valence-corrected chi connectivity index (χ2v) is 6.38. The first-order chi connectivity index (χ1) is 12.5. The number of hydrogen-bond donors (Lipinski definition) is 0. The number of aromatic nitrogens is 1. The monoisotopic (exact) mass is 427 g/mol. The fraction of sp³-hybridized carbons (Fsp3) is 0.160. The van der Waals surface area contributed by atoms with E-state index in [0.717, 1.165) is 45.3 Å². The average molecular weight is 427 g/mol. The van der Waals surface area contributed by atoms with Gasteiger partial charge >= 0.3 is 17.1 Å². The molecule has 1 heterocycles. The van der Waals surface area contributed by atoms with E-state index in [4.69, 9.17) is 15.0 Å². The van der Waals surface area contributed by atoms with E-state index < -0.39 is 0 Å². The van der Waals surface area contributed by atoms with Gasteiger partial charge in [0.05, 0.1) is 34.2 Å². The molecule has 29 heavy (non-hydrogen) atoms. The van der Waals surface area contributed by atoms with Crippen molar-refractivity contribution in [2.45, 2.75) is 27.7 Å². The summed E-state index contributed by atoms with van der Waals surface area (Å²) in [6.45, 7) is 8.11. The molecule has 2 aromatic carbocycles. The minimum Gasteiger partial charge on any atom is -0.358 e. The quantitative estimate of drug-likeness (QED) is 0.254. The van der Waals surface area contributed by atoms with Crippen molar-refractivity contribution in [2.75, 3.05) is 0 Å². The third-order valence-electron chi connectivity index (χ3n) is 4.30. The number of benzene rings is 2. The van der Waals surface area contributed by atoms with Crippen LogP contribution in [-0.2, 0) is 17.1 Å². The molecule has 1 aromatic heterocycles. The van der Waals surface area contributed by atoms with Gasteiger partial charge in [0.2, 0.25) is 0 Å². The predicted octanol–water partition coefficient (Wildman–Crippen LogP) is 6.88. The number of nitrogens with zero attached hydrogens (tertiary/aromatic N) is 3. The molecule has 0 radical (unpaired) electrons. The Morgan fingerprint density at radius 2 is 1.00 bits per heavy atom. The van der Waals surface area contributed by atoms with Gasteiger partial charge in [-0.05, 0) is 63.1 Å². The average Bonchev–Trinajstić information content (AvgIpc) is 2.65. The predicted molar refractivity (Wildman–Crippen MR) is 123 cm³/mol. The molecule has 0 aliphatic heterocycles. The molecule has 0 saturated heterocycles. The zero-order valence-electron chi connectivity index (χ0n) is 18.0. The van der Waals surface area contributed by atoms with Gasteiger partial charge in [-0.2, -0.15) is 0 Å². The Morgan fingerprint density at radius 3 is 1.38 bits per heavy atom. The van der Waals surface area contributed by atoms with Gasteiger partial charge < -0.3 is 14.9 Å². The second kappa shape index (κ2) is 12.1. The number of aryl methyl sites for hydroxylation is 2. The SMILES string of the molecule is CC(=Nc1ccccc1C)c1cccc(C(C)=Nc2ccccc2C)n1.[CH3-].[CH3-].[Fe+2]. The molecule has 0 spiro atoms. The van der Waals surface area contributed by atoms with Crippen LogP contribution in [0.25, 0.3) is 0 Å². The van der Waals surface area contributed by atoms with Crippen molar-refractivity contribution in [3.05, 3.63) is 104 Å². The molecule has 3 rings (SSSR count). The van der Waals surface area contributed by atoms with E-state index in [-0.39, 0.29) is 31.9 Å². The third-order valence-corrected chi connectivity index (χ3v) is 4.30. The molecule has 0 unspecified atom stereocenters. The molecule has 3 nitrogen and oxygen atoms in total. The van der Waals surface area contributed by atoms with Crippen molar-refractivity contribution >= 4 is 22.8 Å². The molecule has 0 bridgehead atoms. The maximum Gasteiger partial charge on any atom is 2.00 e. The Labute approximate surface area is 186 Å². The van der Waals surface area contributed by atoms with E-state index in [2.05, 4.69) is 26.0 Å². The van der Waals surface area contributed by atoms with Gasteiger partial charge in [0, 0.05) is 0 Å². The van der Waals surface area contributed by atoms with Crippen molar-refractivity contribution in [3.8, 4) is 0 Å². The van der Waals surface area contributed by atoms with Crippen LogP contribution in [0.1, 0.15) is 36.4 Å². The molecular formula is C25H29FeN3. The van der Waals surface area contributed by atoms with Gasteiger partial charge in [-0.3, -0.25) is 9.98 Å². The molecule has 0 fully saturated rings. The van der Waals surface area contributed by atoms with Crippen molar-refractivity contribution in [1.29, 1.82) is 0 Å². The van der Waals surface area contributed by atoms with E-state index in [1.807, 2.05) is 68.4 Å². The number of rotatable bonds is 4. The van der Waals surface area contributed by atoms with Crippen molar-refractivity contribution in [2.24, 2.45) is 9.98 Å². The number of aliphatic imine (C=N–C) groups is 2. The summed E-state index contributed by atoms with van der Waals surface area (Å²) in [6.07, 6.45) is 0. The summed E-state index contributed by atoms with van der Waals surface area (Å²) in [7, 11) is 0. The molecule has 4 heteroatoms. The number of pyridine rings is 1. The fourth-order valence-electron chi connectivity index (χ4n) is 2.69. The van der Waals surface area contributed by atoms with Crippen LogP contribution >= 0.6 is 0 Å². The summed E-state index contributed by atoms with van der Waals surface area (Å²) >= 11 is 0. The van der Waals surface area contributed by atoms with Gasteiger partial charge in [-0.1, -0.05) is 42.5 Å². The second-order valence-electron chi connectivity index (χ2n) is 6.38. The first kappa shape index (κ1) is 26.4. The zero-order chi connectivity index (χ0) is 18.5. The van der Waals surface area contributed by atoms with Gasteiger partial charge in [0.15, 0.2) is 0 Å². The van der Waals surface area contributed by atoms with E-state index in [1.165, 1.54) is 0 Å². The molecule has 3 aromatic rings. The van der Waals surface area contributed by atoms with Crippen LogP contribution in [-0.4, -0.2) is 16.4 Å². The molecule has 152 valence electrons. The Morgan fingerprint density at radius 1 is 0.621 bits per heavy atom. The Balaban J connectivity index is 0.00000261. The normalized spacial score (nSPS) is 11.0. The third kappa shape index (κ3) is 6.77. The zero-order valence-corrected chi connectivity index (χ0v) is 19.2. The van der Waals surface area contributed by atoms with Crippen LogP contribution in [0.15, 0.2) is 76.7 Å². The van der Waals surface area contributed by atoms with E-state index in [0.29, 0.717) is 0 Å². The molecule has 0 aliphatic rings. The smallest absolute Gasteiger partial charge is 0.358 e. The summed E-state index contributed by atoms with van der Waals surface area (Å²) in [6, 6.07) is 22.2. The Hall–Kier alpha value is -2.55. The van der Waals surface area contributed by atoms with E-state index in [1.54, 1.807) is 0 Å². The standard InChI is InChI=1S/C23H23N3.2CH3.Fe/c1-16-10-5-7-12-20(16)24-18(3)22-14-9-15-23(26-22)19(4)25-21-13-8-6-11-17(21)2;;;/h5-15H,1-4H3;2*1H3;/q;2*-1;+2. The summed E-state index contributed by atoms with van der Waals surface area (Å²) in [5.74, 6) is 0. The van der Waals surface area contributed by atoms with Crippen LogP contribution in [0.5, 0.6) is 0 Å². The van der Waals surface area contributed by atoms with Gasteiger partial charge in [-0.25, -0.2) is 4.98 Å². The summed E-state index contributed by atoms with van der Waals surface area (Å²) < 4.78 is 0. The van der Waals surface area contributed by atoms with Gasteiger partial charge in [0.1, 0.15) is 0 Å². The van der Waals surface area contributed by atoms with Crippen LogP contribution in [0, 0.1) is 28.7 Å². The van der Waals surface area contributed by atoms with Crippen molar-refractivity contribution in [3.63, 3.8) is 0 Å². The summed E-state index contributed by atoms with van der Waals surface area (Å²) in [5.41, 5.74) is 7.77. The van der Waals surface area contributed by atoms with E-state index in [9.17, 15) is 0 Å². The number of hydrogen-bond acceptors (Lipinski definition) is 3. The van der Waals surface area contributed by atoms with E-state index >= 15 is 0 Å². The Bertz CT molecular complexity index is 914. The van der Waals surface area contributed by atoms with Crippen LogP contribution < -0.4 is 0 Å². The molecular weight excluding hydrogens is 398 g/mol. The minimum atomic E-state index is 0. The topological polar surface area (TPSA) is 37.6 Å². The first-order valence-electron chi connectivity index (χ1n) is 8.74.